The Balaban J connectivity index is 2.10. The Kier molecular flexibility index (Phi) is 5.52. The van der Waals surface area contributed by atoms with Crippen LogP contribution in [-0.4, -0.2) is 17.4 Å². The molecule has 0 bridgehead atoms. The van der Waals surface area contributed by atoms with Gasteiger partial charge < -0.3 is 10.6 Å². The van der Waals surface area contributed by atoms with E-state index in [0.717, 1.165) is 0 Å². The number of amides is 2. The summed E-state index contributed by atoms with van der Waals surface area (Å²) in [5.41, 5.74) is 1.11. The van der Waals surface area contributed by atoms with Gasteiger partial charge in [-0.05, 0) is 63.2 Å². The van der Waals surface area contributed by atoms with Crippen LogP contribution in [0.25, 0.3) is 0 Å². The maximum absolute atomic E-state index is 12.2. The predicted octanol–water partition coefficient (Wildman–Crippen LogP) is 4.77. The summed E-state index contributed by atoms with van der Waals surface area (Å²) in [6.45, 7) is 5.72. The first-order valence-electron chi connectivity index (χ1n) is 7.34. The standard InChI is InChI=1S/C18H18Cl2N2O2/c1-18(2,3)22-17(24)12-6-4-11(5-7-12)16(23)21-15-9-13(19)8-14(20)10-15/h4-10H,1-3H3,(H,21,23)(H,22,24). The number of carbonyl (C=O) groups excluding carboxylic acids is 2. The van der Waals surface area contributed by atoms with Gasteiger partial charge in [-0.2, -0.15) is 0 Å². The zero-order valence-corrected chi connectivity index (χ0v) is 15.1. The van der Waals surface area contributed by atoms with Gasteiger partial charge in [-0.25, -0.2) is 0 Å². The third-order valence-corrected chi connectivity index (χ3v) is 3.45. The maximum atomic E-state index is 12.2. The topological polar surface area (TPSA) is 58.2 Å². The van der Waals surface area contributed by atoms with Crippen LogP contribution in [0.15, 0.2) is 42.5 Å². The van der Waals surface area contributed by atoms with E-state index in [1.54, 1.807) is 42.5 Å². The van der Waals surface area contributed by atoms with Gasteiger partial charge in [-0.1, -0.05) is 23.2 Å². The zero-order chi connectivity index (χ0) is 17.9. The molecule has 0 atom stereocenters. The number of benzene rings is 2. The molecule has 2 aromatic carbocycles. The fourth-order valence-electron chi connectivity index (χ4n) is 2.02. The highest BCUT2D eigenvalue weighted by molar-refractivity contribution is 6.35. The van der Waals surface area contributed by atoms with Gasteiger partial charge in [0.05, 0.1) is 0 Å². The molecule has 0 aliphatic rings. The molecule has 0 spiro atoms. The van der Waals surface area contributed by atoms with Crippen LogP contribution < -0.4 is 10.6 Å². The van der Waals surface area contributed by atoms with E-state index in [-0.39, 0.29) is 17.4 Å². The van der Waals surface area contributed by atoms with E-state index in [4.69, 9.17) is 23.2 Å². The van der Waals surface area contributed by atoms with Crippen LogP contribution in [0.4, 0.5) is 5.69 Å². The molecule has 0 saturated carbocycles. The number of anilines is 1. The Bertz CT molecular complexity index is 745. The summed E-state index contributed by atoms with van der Waals surface area (Å²) in [7, 11) is 0. The SMILES string of the molecule is CC(C)(C)NC(=O)c1ccc(C(=O)Nc2cc(Cl)cc(Cl)c2)cc1. The van der Waals surface area contributed by atoms with Crippen molar-refractivity contribution in [2.45, 2.75) is 26.3 Å². The van der Waals surface area contributed by atoms with Gasteiger partial charge >= 0.3 is 0 Å². The molecule has 24 heavy (non-hydrogen) atoms. The van der Waals surface area contributed by atoms with Crippen LogP contribution >= 0.6 is 23.2 Å². The summed E-state index contributed by atoms with van der Waals surface area (Å²) < 4.78 is 0. The summed E-state index contributed by atoms with van der Waals surface area (Å²) in [6.07, 6.45) is 0. The molecule has 0 saturated heterocycles. The van der Waals surface area contributed by atoms with E-state index in [1.807, 2.05) is 20.8 Å². The van der Waals surface area contributed by atoms with Gasteiger partial charge in [0.15, 0.2) is 0 Å². The van der Waals surface area contributed by atoms with Crippen molar-refractivity contribution < 1.29 is 9.59 Å². The summed E-state index contributed by atoms with van der Waals surface area (Å²) in [4.78, 5) is 24.3. The van der Waals surface area contributed by atoms with Gasteiger partial charge in [0.1, 0.15) is 0 Å². The highest BCUT2D eigenvalue weighted by Crippen LogP contribution is 2.23. The van der Waals surface area contributed by atoms with Crippen molar-refractivity contribution in [2.24, 2.45) is 0 Å². The summed E-state index contributed by atoms with van der Waals surface area (Å²) >= 11 is 11.8. The lowest BCUT2D eigenvalue weighted by Crippen LogP contribution is -2.40. The Morgan fingerprint density at radius 3 is 1.75 bits per heavy atom. The highest BCUT2D eigenvalue weighted by Gasteiger charge is 2.15. The molecule has 2 amide bonds. The van der Waals surface area contributed by atoms with E-state index in [9.17, 15) is 9.59 Å². The minimum Gasteiger partial charge on any atom is -0.347 e. The monoisotopic (exact) mass is 364 g/mol. The Morgan fingerprint density at radius 1 is 0.833 bits per heavy atom. The van der Waals surface area contributed by atoms with E-state index in [1.165, 1.54) is 0 Å². The predicted molar refractivity (Wildman–Crippen MR) is 98.1 cm³/mol. The van der Waals surface area contributed by atoms with E-state index in [2.05, 4.69) is 10.6 Å². The van der Waals surface area contributed by atoms with Crippen LogP contribution in [0, 0.1) is 0 Å². The first kappa shape index (κ1) is 18.3. The average molecular weight is 365 g/mol. The average Bonchev–Trinajstić information content (AvgIpc) is 2.44. The van der Waals surface area contributed by atoms with Crippen LogP contribution in [0.1, 0.15) is 41.5 Å². The van der Waals surface area contributed by atoms with Crippen molar-refractivity contribution >= 4 is 40.7 Å². The lowest BCUT2D eigenvalue weighted by molar-refractivity contribution is 0.0918. The van der Waals surface area contributed by atoms with Crippen LogP contribution in [0.2, 0.25) is 10.0 Å². The molecule has 0 radical (unpaired) electrons. The third kappa shape index (κ3) is 5.25. The fraction of sp³-hybridized carbons (Fsp3) is 0.222. The molecule has 0 aliphatic heterocycles. The lowest BCUT2D eigenvalue weighted by Gasteiger charge is -2.20. The summed E-state index contributed by atoms with van der Waals surface area (Å²) in [6, 6.07) is 11.2. The second-order valence-electron chi connectivity index (χ2n) is 6.39. The van der Waals surface area contributed by atoms with Crippen LogP contribution in [-0.2, 0) is 0 Å². The van der Waals surface area contributed by atoms with Gasteiger partial charge in [0.2, 0.25) is 0 Å². The van der Waals surface area contributed by atoms with Gasteiger partial charge in [0, 0.05) is 32.4 Å². The number of hydrogen-bond donors (Lipinski definition) is 2. The molecule has 0 fully saturated rings. The minimum atomic E-state index is -0.320. The Hall–Kier alpha value is -2.04. The Morgan fingerprint density at radius 2 is 1.29 bits per heavy atom. The quantitative estimate of drug-likeness (QED) is 0.823. The molecular formula is C18H18Cl2N2O2. The number of hydrogen-bond acceptors (Lipinski definition) is 2. The molecule has 0 aromatic heterocycles. The first-order valence-corrected chi connectivity index (χ1v) is 8.10. The van der Waals surface area contributed by atoms with E-state index in [0.29, 0.717) is 26.9 Å². The van der Waals surface area contributed by atoms with Crippen LogP contribution in [0.3, 0.4) is 0 Å². The van der Waals surface area contributed by atoms with Crippen molar-refractivity contribution in [1.29, 1.82) is 0 Å². The molecule has 2 rings (SSSR count). The number of halogens is 2. The van der Waals surface area contributed by atoms with Gasteiger partial charge in [-0.3, -0.25) is 9.59 Å². The molecule has 6 heteroatoms. The molecule has 2 aromatic rings. The summed E-state index contributed by atoms with van der Waals surface area (Å²) in [5.74, 6) is -0.493. The van der Waals surface area contributed by atoms with Gasteiger partial charge in [-0.15, -0.1) is 0 Å². The molecule has 0 aliphatic carbocycles. The minimum absolute atomic E-state index is 0.184. The smallest absolute Gasteiger partial charge is 0.255 e. The molecule has 2 N–H and O–H groups in total. The molecule has 126 valence electrons. The van der Waals surface area contributed by atoms with Gasteiger partial charge in [0.25, 0.3) is 11.8 Å². The number of rotatable bonds is 3. The number of nitrogens with one attached hydrogen (secondary N) is 2. The second kappa shape index (κ2) is 7.24. The molecular weight excluding hydrogens is 347 g/mol. The van der Waals surface area contributed by atoms with Crippen molar-refractivity contribution in [3.05, 3.63) is 63.6 Å². The second-order valence-corrected chi connectivity index (χ2v) is 7.27. The van der Waals surface area contributed by atoms with Crippen molar-refractivity contribution in [2.75, 3.05) is 5.32 Å². The largest absolute Gasteiger partial charge is 0.347 e. The van der Waals surface area contributed by atoms with Crippen molar-refractivity contribution in [1.82, 2.24) is 5.32 Å². The maximum Gasteiger partial charge on any atom is 0.255 e. The molecule has 0 heterocycles. The lowest BCUT2D eigenvalue weighted by atomic mass is 10.1. The first-order chi connectivity index (χ1) is 11.1. The van der Waals surface area contributed by atoms with Crippen LogP contribution in [0.5, 0.6) is 0 Å². The highest BCUT2D eigenvalue weighted by atomic mass is 35.5. The summed E-state index contributed by atoms with van der Waals surface area (Å²) in [5, 5.41) is 6.46. The normalized spacial score (nSPS) is 11.0. The zero-order valence-electron chi connectivity index (χ0n) is 13.6. The van der Waals surface area contributed by atoms with E-state index >= 15 is 0 Å². The third-order valence-electron chi connectivity index (χ3n) is 3.02. The van der Waals surface area contributed by atoms with Crippen molar-refractivity contribution in [3.8, 4) is 0 Å². The Labute approximate surface area is 151 Å². The molecule has 4 nitrogen and oxygen atoms in total. The van der Waals surface area contributed by atoms with E-state index < -0.39 is 0 Å². The van der Waals surface area contributed by atoms with Crippen molar-refractivity contribution in [3.63, 3.8) is 0 Å². The molecule has 0 unspecified atom stereocenters. The number of carbonyl (C=O) groups is 2. The fourth-order valence-corrected chi connectivity index (χ4v) is 2.54.